The summed E-state index contributed by atoms with van der Waals surface area (Å²) >= 11 is 0. The summed E-state index contributed by atoms with van der Waals surface area (Å²) in [7, 11) is 1.34. The summed E-state index contributed by atoms with van der Waals surface area (Å²) < 4.78 is 22.7. The number of nitrogens with zero attached hydrogens (tertiary/aromatic N) is 1. The van der Waals surface area contributed by atoms with Crippen molar-refractivity contribution in [2.45, 2.75) is 37.4 Å². The van der Waals surface area contributed by atoms with Gasteiger partial charge in [-0.3, -0.25) is 0 Å². The molecular weight excluding hydrogens is 386 g/mol. The average molecular weight is 411 g/mol. The molecule has 2 aromatic rings. The Morgan fingerprint density at radius 2 is 1.63 bits per heavy atom. The lowest BCUT2D eigenvalue weighted by atomic mass is 10.0. The molecule has 2 aromatic carbocycles. The van der Waals surface area contributed by atoms with Gasteiger partial charge in [-0.05, 0) is 11.1 Å². The van der Waals surface area contributed by atoms with Crippen molar-refractivity contribution < 1.29 is 28.5 Å². The first-order chi connectivity index (χ1) is 14.6. The van der Waals surface area contributed by atoms with Crippen molar-refractivity contribution in [1.29, 1.82) is 0 Å². The van der Waals surface area contributed by atoms with Gasteiger partial charge in [0, 0.05) is 25.9 Å². The number of rotatable bonds is 4. The van der Waals surface area contributed by atoms with Crippen LogP contribution in [0.4, 0.5) is 4.79 Å². The number of carbonyl (C=O) groups is 2. The number of amides is 1. The molecule has 30 heavy (non-hydrogen) atoms. The smallest absolute Gasteiger partial charge is 0.410 e. The fraction of sp³-hybridized carbons (Fsp3) is 0.391. The molecule has 2 aliphatic heterocycles. The Morgan fingerprint density at radius 3 is 2.27 bits per heavy atom. The van der Waals surface area contributed by atoms with Crippen LogP contribution < -0.4 is 0 Å². The molecular formula is C23H25NO6. The molecule has 2 aliphatic rings. The van der Waals surface area contributed by atoms with Gasteiger partial charge in [-0.15, -0.1) is 0 Å². The van der Waals surface area contributed by atoms with Gasteiger partial charge in [0.2, 0.25) is 0 Å². The second-order valence-corrected chi connectivity index (χ2v) is 7.45. The van der Waals surface area contributed by atoms with Gasteiger partial charge in [0.25, 0.3) is 0 Å². The molecule has 7 heteroatoms. The Balaban J connectivity index is 1.38. The summed E-state index contributed by atoms with van der Waals surface area (Å²) in [5, 5.41) is 0. The maximum atomic E-state index is 12.4. The first-order valence-electron chi connectivity index (χ1n) is 10.0. The molecule has 0 N–H and O–H groups in total. The number of benzene rings is 2. The van der Waals surface area contributed by atoms with Crippen LogP contribution >= 0.6 is 0 Å². The summed E-state index contributed by atoms with van der Waals surface area (Å²) in [5.41, 5.74) is 1.79. The fourth-order valence-electron chi connectivity index (χ4n) is 3.86. The molecule has 1 spiro atoms. The lowest BCUT2D eigenvalue weighted by molar-refractivity contribution is -0.204. The van der Waals surface area contributed by atoms with Crippen LogP contribution in [0.25, 0.3) is 0 Å². The third kappa shape index (κ3) is 4.32. The van der Waals surface area contributed by atoms with Gasteiger partial charge in [0.15, 0.2) is 11.9 Å². The molecule has 158 valence electrons. The molecule has 2 atom stereocenters. The maximum Gasteiger partial charge on any atom is 0.410 e. The normalized spacial score (nSPS) is 22.6. The Morgan fingerprint density at radius 1 is 1.00 bits per heavy atom. The van der Waals surface area contributed by atoms with Crippen LogP contribution in [-0.4, -0.2) is 49.1 Å². The zero-order valence-electron chi connectivity index (χ0n) is 16.9. The molecule has 0 bridgehead atoms. The standard InChI is InChI=1S/C23H25NO6/c1-27-21(25)20-19(18-10-6-3-7-11-18)29-23(30-20)12-14-24(15-13-23)22(26)28-16-17-8-4-2-5-9-17/h2-11,19-20H,12-16H2,1H3/t19-,20+/m0/s1. The minimum absolute atomic E-state index is 0.231. The molecule has 2 heterocycles. The number of hydrogen-bond donors (Lipinski definition) is 0. The third-order valence-electron chi connectivity index (χ3n) is 5.51. The number of carbonyl (C=O) groups excluding carboxylic acids is 2. The highest BCUT2D eigenvalue weighted by molar-refractivity contribution is 5.76. The number of piperidine rings is 1. The quantitative estimate of drug-likeness (QED) is 0.718. The average Bonchev–Trinajstić information content (AvgIpc) is 3.18. The fourth-order valence-corrected chi connectivity index (χ4v) is 3.86. The summed E-state index contributed by atoms with van der Waals surface area (Å²) in [6.07, 6.45) is -0.853. The summed E-state index contributed by atoms with van der Waals surface area (Å²) in [4.78, 5) is 26.4. The highest BCUT2D eigenvalue weighted by Gasteiger charge is 2.53. The van der Waals surface area contributed by atoms with E-state index in [0.29, 0.717) is 25.9 Å². The zero-order chi connectivity index (χ0) is 21.0. The van der Waals surface area contributed by atoms with Crippen molar-refractivity contribution in [2.24, 2.45) is 0 Å². The molecule has 7 nitrogen and oxygen atoms in total. The second-order valence-electron chi connectivity index (χ2n) is 7.45. The van der Waals surface area contributed by atoms with Crippen molar-refractivity contribution in [1.82, 2.24) is 4.90 Å². The molecule has 2 fully saturated rings. The summed E-state index contributed by atoms with van der Waals surface area (Å²) in [6.45, 7) is 1.07. The number of esters is 1. The Labute approximate surface area is 175 Å². The largest absolute Gasteiger partial charge is 0.467 e. The number of ether oxygens (including phenoxy) is 4. The van der Waals surface area contributed by atoms with Crippen LogP contribution in [0.3, 0.4) is 0 Å². The Hall–Kier alpha value is -2.90. The van der Waals surface area contributed by atoms with E-state index in [0.717, 1.165) is 11.1 Å². The van der Waals surface area contributed by atoms with Crippen LogP contribution in [0.15, 0.2) is 60.7 Å². The van der Waals surface area contributed by atoms with Gasteiger partial charge < -0.3 is 23.8 Å². The molecule has 0 unspecified atom stereocenters. The van der Waals surface area contributed by atoms with Gasteiger partial charge in [0.05, 0.1) is 7.11 Å². The molecule has 0 radical (unpaired) electrons. The number of methoxy groups -OCH3 is 1. The van der Waals surface area contributed by atoms with Crippen molar-refractivity contribution in [3.63, 3.8) is 0 Å². The summed E-state index contributed by atoms with van der Waals surface area (Å²) in [5.74, 6) is -1.39. The van der Waals surface area contributed by atoms with Crippen molar-refractivity contribution in [2.75, 3.05) is 20.2 Å². The highest BCUT2D eigenvalue weighted by Crippen LogP contribution is 2.44. The molecule has 4 rings (SSSR count). The monoisotopic (exact) mass is 411 g/mol. The van der Waals surface area contributed by atoms with E-state index in [4.69, 9.17) is 18.9 Å². The van der Waals surface area contributed by atoms with Crippen molar-refractivity contribution >= 4 is 12.1 Å². The molecule has 2 saturated heterocycles. The predicted octanol–water partition coefficient (Wildman–Crippen LogP) is 3.45. The van der Waals surface area contributed by atoms with E-state index in [2.05, 4.69) is 0 Å². The van der Waals surface area contributed by atoms with Crippen LogP contribution in [0.2, 0.25) is 0 Å². The van der Waals surface area contributed by atoms with Crippen LogP contribution in [0.5, 0.6) is 0 Å². The van der Waals surface area contributed by atoms with Gasteiger partial charge in [-0.25, -0.2) is 9.59 Å². The first-order valence-corrected chi connectivity index (χ1v) is 10.0. The molecule has 1 amide bonds. The topological polar surface area (TPSA) is 74.3 Å². The molecule has 0 aliphatic carbocycles. The van der Waals surface area contributed by atoms with E-state index in [1.165, 1.54) is 7.11 Å². The van der Waals surface area contributed by atoms with E-state index in [9.17, 15) is 9.59 Å². The Bertz CT molecular complexity index is 864. The van der Waals surface area contributed by atoms with Gasteiger partial charge >= 0.3 is 12.1 Å². The Kier molecular flexibility index (Phi) is 6.01. The van der Waals surface area contributed by atoms with E-state index in [1.807, 2.05) is 60.7 Å². The van der Waals surface area contributed by atoms with E-state index >= 15 is 0 Å². The highest BCUT2D eigenvalue weighted by atomic mass is 16.8. The van der Waals surface area contributed by atoms with Gasteiger partial charge in [0.1, 0.15) is 12.7 Å². The van der Waals surface area contributed by atoms with Crippen molar-refractivity contribution in [3.05, 3.63) is 71.8 Å². The van der Waals surface area contributed by atoms with E-state index in [1.54, 1.807) is 4.90 Å². The molecule has 0 saturated carbocycles. The lowest BCUT2D eigenvalue weighted by Gasteiger charge is -2.37. The SMILES string of the molecule is COC(=O)[C@@H]1OC2(CCN(C(=O)OCc3ccccc3)CC2)O[C@H]1c1ccccc1. The number of likely N-dealkylation sites (tertiary alicyclic amines) is 1. The zero-order valence-corrected chi connectivity index (χ0v) is 16.9. The minimum atomic E-state index is -0.921. The van der Waals surface area contributed by atoms with Crippen LogP contribution in [0.1, 0.15) is 30.1 Å². The predicted molar refractivity (Wildman–Crippen MR) is 107 cm³/mol. The first kappa shape index (κ1) is 20.4. The lowest BCUT2D eigenvalue weighted by Crippen LogP contribution is -2.48. The van der Waals surface area contributed by atoms with Crippen LogP contribution in [-0.2, 0) is 30.3 Å². The minimum Gasteiger partial charge on any atom is -0.467 e. The third-order valence-corrected chi connectivity index (χ3v) is 5.51. The number of hydrogen-bond acceptors (Lipinski definition) is 6. The van der Waals surface area contributed by atoms with Crippen molar-refractivity contribution in [3.8, 4) is 0 Å². The molecule has 0 aromatic heterocycles. The van der Waals surface area contributed by atoms with E-state index < -0.39 is 24.0 Å². The van der Waals surface area contributed by atoms with Gasteiger partial charge in [-0.2, -0.15) is 0 Å². The van der Waals surface area contributed by atoms with Gasteiger partial charge in [-0.1, -0.05) is 60.7 Å². The summed E-state index contributed by atoms with van der Waals surface area (Å²) in [6, 6.07) is 19.0. The second kappa shape index (κ2) is 8.85. The van der Waals surface area contributed by atoms with E-state index in [-0.39, 0.29) is 12.7 Å². The maximum absolute atomic E-state index is 12.4. The van der Waals surface area contributed by atoms with Crippen LogP contribution in [0, 0.1) is 0 Å².